The number of anilines is 1. The monoisotopic (exact) mass is 356 g/mol. The minimum atomic E-state index is -0.143. The highest BCUT2D eigenvalue weighted by atomic mass is 32.2. The fraction of sp³-hybridized carbons (Fsp3) is 0.389. The minimum Gasteiger partial charge on any atom is -0.274 e. The quantitative estimate of drug-likeness (QED) is 0.478. The number of carbonyl (C=O) groups excluding carboxylic acids is 2. The predicted molar refractivity (Wildman–Crippen MR) is 96.2 cm³/mol. The van der Waals surface area contributed by atoms with Crippen molar-refractivity contribution < 1.29 is 9.59 Å². The van der Waals surface area contributed by atoms with Gasteiger partial charge in [0.05, 0.1) is 27.7 Å². The first-order chi connectivity index (χ1) is 11.7. The average molecular weight is 356 g/mol. The van der Waals surface area contributed by atoms with Gasteiger partial charge in [-0.05, 0) is 42.2 Å². The Bertz CT molecular complexity index is 874. The van der Waals surface area contributed by atoms with Crippen LogP contribution in [-0.4, -0.2) is 22.6 Å². The van der Waals surface area contributed by atoms with E-state index in [1.807, 2.05) is 18.2 Å². The third kappa shape index (κ3) is 1.90. The smallest absolute Gasteiger partial charge is 0.238 e. The first kappa shape index (κ1) is 14.7. The van der Waals surface area contributed by atoms with Crippen molar-refractivity contribution in [3.63, 3.8) is 0 Å². The van der Waals surface area contributed by atoms with E-state index < -0.39 is 0 Å². The van der Waals surface area contributed by atoms with Gasteiger partial charge in [0.2, 0.25) is 11.8 Å². The van der Waals surface area contributed by atoms with Crippen LogP contribution >= 0.6 is 23.1 Å². The van der Waals surface area contributed by atoms with Crippen LogP contribution in [-0.2, 0) is 9.59 Å². The van der Waals surface area contributed by atoms with Crippen LogP contribution in [0.25, 0.3) is 10.2 Å². The number of rotatable bonds is 3. The first-order valence-corrected chi connectivity index (χ1v) is 10.1. The maximum atomic E-state index is 12.9. The molecule has 0 N–H and O–H groups in total. The number of benzene rings is 1. The summed E-state index contributed by atoms with van der Waals surface area (Å²) in [7, 11) is 0. The van der Waals surface area contributed by atoms with Gasteiger partial charge in [0.1, 0.15) is 0 Å². The highest BCUT2D eigenvalue weighted by molar-refractivity contribution is 8.01. The lowest BCUT2D eigenvalue weighted by Crippen LogP contribution is -2.32. The van der Waals surface area contributed by atoms with Crippen LogP contribution in [0.5, 0.6) is 0 Å². The fourth-order valence-electron chi connectivity index (χ4n) is 4.37. The van der Waals surface area contributed by atoms with Gasteiger partial charge in [0.15, 0.2) is 4.34 Å². The van der Waals surface area contributed by atoms with E-state index in [-0.39, 0.29) is 35.5 Å². The Kier molecular flexibility index (Phi) is 3.16. The third-order valence-corrected chi connectivity index (χ3v) is 7.39. The van der Waals surface area contributed by atoms with E-state index in [1.54, 1.807) is 23.1 Å². The van der Waals surface area contributed by atoms with E-state index in [0.29, 0.717) is 5.69 Å². The molecule has 1 aromatic carbocycles. The summed E-state index contributed by atoms with van der Waals surface area (Å²) in [5.74, 6) is 1.16. The van der Waals surface area contributed by atoms with E-state index in [9.17, 15) is 9.59 Å². The van der Waals surface area contributed by atoms with E-state index in [0.717, 1.165) is 26.7 Å². The molecule has 122 valence electrons. The summed E-state index contributed by atoms with van der Waals surface area (Å²) in [6.45, 7) is 2.10. The maximum Gasteiger partial charge on any atom is 0.238 e. The zero-order valence-electron chi connectivity index (χ0n) is 13.1. The van der Waals surface area contributed by atoms with Gasteiger partial charge >= 0.3 is 0 Å². The summed E-state index contributed by atoms with van der Waals surface area (Å²) in [6.07, 6.45) is 5.22. The molecular weight excluding hydrogens is 340 g/mol. The van der Waals surface area contributed by atoms with Crippen LogP contribution in [0.1, 0.15) is 13.3 Å². The lowest BCUT2D eigenvalue weighted by Gasteiger charge is -2.17. The van der Waals surface area contributed by atoms with E-state index >= 15 is 0 Å². The van der Waals surface area contributed by atoms with Crippen molar-refractivity contribution in [1.82, 2.24) is 4.98 Å². The molecule has 1 aromatic heterocycles. The standard InChI is InChI=1S/C18H16N2O2S2/c1-2-23-18-19-12-6-5-11(8-13(12)24-18)20-16(21)14-9-3-4-10(7-9)15(14)17(20)22/h3-6,8-10,14-15H,2,7H2,1H3/t9-,10-,14-,15+/m1/s1. The summed E-state index contributed by atoms with van der Waals surface area (Å²) < 4.78 is 2.06. The Hall–Kier alpha value is -1.66. The summed E-state index contributed by atoms with van der Waals surface area (Å²) in [4.78, 5) is 31.8. The van der Waals surface area contributed by atoms with E-state index in [1.165, 1.54) is 4.90 Å². The largest absolute Gasteiger partial charge is 0.274 e. The molecule has 1 saturated carbocycles. The number of hydrogen-bond donors (Lipinski definition) is 0. The molecule has 2 aliphatic carbocycles. The molecule has 0 radical (unpaired) electrons. The SMILES string of the molecule is CCSc1nc2ccc(N3C(=O)[C@@H]4[C@H](C3=O)[C@@H]3C=C[C@@H]4C3)cc2s1. The zero-order valence-corrected chi connectivity index (χ0v) is 14.8. The van der Waals surface area contributed by atoms with Gasteiger partial charge in [-0.2, -0.15) is 0 Å². The summed E-state index contributed by atoms with van der Waals surface area (Å²) in [5.41, 5.74) is 1.63. The Balaban J connectivity index is 1.53. The predicted octanol–water partition coefficient (Wildman–Crippen LogP) is 3.72. The van der Waals surface area contributed by atoms with Crippen molar-refractivity contribution in [2.75, 3.05) is 10.7 Å². The summed E-state index contributed by atoms with van der Waals surface area (Å²) in [5, 5.41) is 0. The van der Waals surface area contributed by atoms with E-state index in [4.69, 9.17) is 0 Å². The van der Waals surface area contributed by atoms with Crippen LogP contribution in [0.15, 0.2) is 34.7 Å². The molecule has 1 saturated heterocycles. The Morgan fingerprint density at radius 1 is 1.21 bits per heavy atom. The number of allylic oxidation sites excluding steroid dienone is 2. The fourth-order valence-corrected chi connectivity index (χ4v) is 6.37. The molecule has 0 unspecified atom stereocenters. The molecule has 24 heavy (non-hydrogen) atoms. The molecule has 2 fully saturated rings. The number of hydrogen-bond acceptors (Lipinski definition) is 5. The molecular formula is C18H16N2O2S2. The normalized spacial score (nSPS) is 30.8. The molecule has 2 bridgehead atoms. The first-order valence-electron chi connectivity index (χ1n) is 8.27. The summed E-state index contributed by atoms with van der Waals surface area (Å²) in [6, 6.07) is 5.72. The molecule has 2 aromatic rings. The molecule has 2 amide bonds. The molecule has 4 atom stereocenters. The zero-order chi connectivity index (χ0) is 16.4. The van der Waals surface area contributed by atoms with Crippen LogP contribution in [0.2, 0.25) is 0 Å². The number of carbonyl (C=O) groups is 2. The van der Waals surface area contributed by atoms with Crippen LogP contribution in [0.3, 0.4) is 0 Å². The van der Waals surface area contributed by atoms with Gasteiger partial charge in [0, 0.05) is 0 Å². The van der Waals surface area contributed by atoms with Gasteiger partial charge in [-0.1, -0.05) is 30.8 Å². The number of nitrogens with zero attached hydrogens (tertiary/aromatic N) is 2. The van der Waals surface area contributed by atoms with Crippen LogP contribution < -0.4 is 4.90 Å². The second-order valence-corrected chi connectivity index (χ2v) is 9.12. The summed E-state index contributed by atoms with van der Waals surface area (Å²) >= 11 is 3.34. The lowest BCUT2D eigenvalue weighted by atomic mass is 9.85. The number of thioether (sulfide) groups is 1. The van der Waals surface area contributed by atoms with Crippen molar-refractivity contribution in [3.05, 3.63) is 30.4 Å². The Labute approximate surface area is 147 Å². The Morgan fingerprint density at radius 2 is 1.92 bits per heavy atom. The van der Waals surface area contributed by atoms with Crippen molar-refractivity contribution >= 4 is 50.8 Å². The molecule has 2 heterocycles. The van der Waals surface area contributed by atoms with Crippen molar-refractivity contribution in [1.29, 1.82) is 0 Å². The molecule has 4 nitrogen and oxygen atoms in total. The lowest BCUT2D eigenvalue weighted by molar-refractivity contribution is -0.123. The van der Waals surface area contributed by atoms with Crippen molar-refractivity contribution in [3.8, 4) is 0 Å². The molecule has 6 heteroatoms. The Morgan fingerprint density at radius 3 is 2.58 bits per heavy atom. The van der Waals surface area contributed by atoms with Gasteiger partial charge in [-0.15, -0.1) is 11.3 Å². The minimum absolute atomic E-state index is 0.0196. The van der Waals surface area contributed by atoms with Gasteiger partial charge in [0.25, 0.3) is 0 Å². The number of fused-ring (bicyclic) bond motifs is 6. The molecule has 3 aliphatic rings. The molecule has 1 aliphatic heterocycles. The maximum absolute atomic E-state index is 12.9. The van der Waals surface area contributed by atoms with Crippen LogP contribution in [0.4, 0.5) is 5.69 Å². The third-order valence-electron chi connectivity index (χ3n) is 5.35. The van der Waals surface area contributed by atoms with Gasteiger partial charge in [-0.3, -0.25) is 9.59 Å². The second-order valence-electron chi connectivity index (χ2n) is 6.58. The van der Waals surface area contributed by atoms with Crippen LogP contribution in [0, 0.1) is 23.7 Å². The molecule has 5 rings (SSSR count). The van der Waals surface area contributed by atoms with Crippen molar-refractivity contribution in [2.45, 2.75) is 17.7 Å². The number of imide groups is 1. The molecule has 0 spiro atoms. The number of aromatic nitrogens is 1. The highest BCUT2D eigenvalue weighted by Crippen LogP contribution is 2.53. The second kappa shape index (κ2) is 5.17. The van der Waals surface area contributed by atoms with Gasteiger partial charge in [-0.25, -0.2) is 9.88 Å². The average Bonchev–Trinajstić information content (AvgIpc) is 3.30. The number of thiazole rings is 1. The highest BCUT2D eigenvalue weighted by Gasteiger charge is 2.59. The van der Waals surface area contributed by atoms with Crippen molar-refractivity contribution in [2.24, 2.45) is 23.7 Å². The topological polar surface area (TPSA) is 50.3 Å². The van der Waals surface area contributed by atoms with E-state index in [2.05, 4.69) is 24.1 Å². The number of amides is 2. The van der Waals surface area contributed by atoms with Gasteiger partial charge < -0.3 is 0 Å².